The fourth-order valence-electron chi connectivity index (χ4n) is 2.30. The van der Waals surface area contributed by atoms with Gasteiger partial charge in [-0.1, -0.05) is 19.9 Å². The van der Waals surface area contributed by atoms with Gasteiger partial charge in [-0.2, -0.15) is 0 Å². The first-order valence-electron chi connectivity index (χ1n) is 6.59. The number of nitrogens with one attached hydrogen (secondary N) is 1. The largest absolute Gasteiger partial charge is 0.398 e. The van der Waals surface area contributed by atoms with Gasteiger partial charge >= 0.3 is 0 Å². The van der Waals surface area contributed by atoms with E-state index in [1.54, 1.807) is 12.3 Å². The lowest BCUT2D eigenvalue weighted by Gasteiger charge is -2.15. The minimum absolute atomic E-state index is 0.124. The molecule has 5 heteroatoms. The summed E-state index contributed by atoms with van der Waals surface area (Å²) < 4.78 is 1.92. The molecule has 0 radical (unpaired) electrons. The molecule has 106 valence electrons. The highest BCUT2D eigenvalue weighted by atomic mass is 16.2. The summed E-state index contributed by atoms with van der Waals surface area (Å²) in [6, 6.07) is 5.34. The van der Waals surface area contributed by atoms with Crippen molar-refractivity contribution in [2.24, 2.45) is 5.92 Å². The van der Waals surface area contributed by atoms with Gasteiger partial charge in [0.25, 0.3) is 5.91 Å². The number of carbonyl (C=O) groups excluding carboxylic acids is 1. The van der Waals surface area contributed by atoms with Crippen LogP contribution < -0.4 is 16.5 Å². The fourth-order valence-corrected chi connectivity index (χ4v) is 2.30. The number of nitrogen functional groups attached to an aromatic ring is 1. The molecule has 0 atom stereocenters. The van der Waals surface area contributed by atoms with Crippen molar-refractivity contribution >= 4 is 22.5 Å². The maximum atomic E-state index is 12.4. The summed E-state index contributed by atoms with van der Waals surface area (Å²) in [6.07, 6.45) is 1.61. The van der Waals surface area contributed by atoms with E-state index >= 15 is 0 Å². The van der Waals surface area contributed by atoms with Crippen molar-refractivity contribution in [3.8, 4) is 0 Å². The second-order valence-electron chi connectivity index (χ2n) is 5.24. The van der Waals surface area contributed by atoms with Crippen LogP contribution in [0.4, 0.5) is 5.69 Å². The molecule has 1 aromatic carbocycles. The van der Waals surface area contributed by atoms with Crippen molar-refractivity contribution in [1.82, 2.24) is 9.88 Å². The minimum atomic E-state index is -0.391. The summed E-state index contributed by atoms with van der Waals surface area (Å²) in [5, 5.41) is 2.91. The van der Waals surface area contributed by atoms with Crippen LogP contribution in [0.25, 0.3) is 10.9 Å². The summed E-state index contributed by atoms with van der Waals surface area (Å²) in [5.74, 6) is -0.00247. The molecule has 20 heavy (non-hydrogen) atoms. The Labute approximate surface area is 117 Å². The molecule has 0 aliphatic rings. The summed E-state index contributed by atoms with van der Waals surface area (Å²) in [7, 11) is 1.51. The second-order valence-corrected chi connectivity index (χ2v) is 5.24. The van der Waals surface area contributed by atoms with Gasteiger partial charge in [0.15, 0.2) is 0 Å². The van der Waals surface area contributed by atoms with Gasteiger partial charge in [-0.25, -0.2) is 0 Å². The number of nitrogens with two attached hydrogens (primary N) is 1. The van der Waals surface area contributed by atoms with Crippen LogP contribution >= 0.6 is 0 Å². The predicted octanol–water partition coefficient (Wildman–Crippen LogP) is 1.60. The highest BCUT2D eigenvalue weighted by Crippen LogP contribution is 2.19. The number of carbonyl (C=O) groups is 1. The minimum Gasteiger partial charge on any atom is -0.398 e. The normalized spacial score (nSPS) is 11.0. The number of anilines is 1. The number of hydrogen-bond donors (Lipinski definition) is 2. The number of rotatable bonds is 3. The SMILES string of the molecule is CNC(=O)c1cn(CC(C)C)c2cccc(N)c2c1=O. The molecule has 0 saturated heterocycles. The van der Waals surface area contributed by atoms with Crippen molar-refractivity contribution in [3.05, 3.63) is 40.2 Å². The Kier molecular flexibility index (Phi) is 3.79. The Morgan fingerprint density at radius 3 is 2.70 bits per heavy atom. The first-order valence-corrected chi connectivity index (χ1v) is 6.59. The Hall–Kier alpha value is -2.30. The maximum absolute atomic E-state index is 12.4. The summed E-state index contributed by atoms with van der Waals surface area (Å²) in [4.78, 5) is 24.3. The molecule has 3 N–H and O–H groups in total. The lowest BCUT2D eigenvalue weighted by atomic mass is 10.1. The number of benzene rings is 1. The van der Waals surface area contributed by atoms with E-state index in [9.17, 15) is 9.59 Å². The number of pyridine rings is 1. The van der Waals surface area contributed by atoms with E-state index in [0.717, 1.165) is 5.52 Å². The summed E-state index contributed by atoms with van der Waals surface area (Å²) in [6.45, 7) is 4.87. The molecule has 1 amide bonds. The van der Waals surface area contributed by atoms with Crippen LogP contribution in [0.5, 0.6) is 0 Å². The maximum Gasteiger partial charge on any atom is 0.256 e. The molecular weight excluding hydrogens is 254 g/mol. The average Bonchev–Trinajstić information content (AvgIpc) is 2.40. The average molecular weight is 273 g/mol. The monoisotopic (exact) mass is 273 g/mol. The van der Waals surface area contributed by atoms with Crippen LogP contribution in [-0.2, 0) is 6.54 Å². The molecule has 0 bridgehead atoms. The molecule has 0 spiro atoms. The van der Waals surface area contributed by atoms with Crippen LogP contribution in [0.2, 0.25) is 0 Å². The van der Waals surface area contributed by atoms with E-state index < -0.39 is 5.91 Å². The number of nitrogens with zero attached hydrogens (tertiary/aromatic N) is 1. The Balaban J connectivity index is 2.84. The molecule has 0 saturated carbocycles. The Morgan fingerprint density at radius 2 is 2.10 bits per heavy atom. The zero-order valence-corrected chi connectivity index (χ0v) is 11.9. The lowest BCUT2D eigenvalue weighted by molar-refractivity contribution is 0.0961. The number of amides is 1. The van der Waals surface area contributed by atoms with Crippen LogP contribution in [0, 0.1) is 5.92 Å². The molecule has 1 heterocycles. The van der Waals surface area contributed by atoms with E-state index in [1.165, 1.54) is 7.05 Å². The number of aromatic nitrogens is 1. The molecule has 0 fully saturated rings. The Morgan fingerprint density at radius 1 is 1.40 bits per heavy atom. The quantitative estimate of drug-likeness (QED) is 0.834. The van der Waals surface area contributed by atoms with Crippen molar-refractivity contribution < 1.29 is 4.79 Å². The van der Waals surface area contributed by atoms with Crippen molar-refractivity contribution in [1.29, 1.82) is 0 Å². The van der Waals surface area contributed by atoms with E-state index in [-0.39, 0.29) is 11.0 Å². The zero-order chi connectivity index (χ0) is 14.9. The third kappa shape index (κ3) is 2.39. The van der Waals surface area contributed by atoms with E-state index in [2.05, 4.69) is 19.2 Å². The molecule has 0 aliphatic carbocycles. The lowest BCUT2D eigenvalue weighted by Crippen LogP contribution is -2.27. The standard InChI is InChI=1S/C15H19N3O2/c1-9(2)7-18-8-10(15(20)17-3)14(19)13-11(16)5-4-6-12(13)18/h4-6,8-9H,7,16H2,1-3H3,(H,17,20). The third-order valence-electron chi connectivity index (χ3n) is 3.17. The Bertz CT molecular complexity index is 717. The van der Waals surface area contributed by atoms with Gasteiger partial charge in [0.1, 0.15) is 5.56 Å². The molecular formula is C15H19N3O2. The highest BCUT2D eigenvalue weighted by molar-refractivity contribution is 5.99. The van der Waals surface area contributed by atoms with Gasteiger partial charge < -0.3 is 15.6 Å². The van der Waals surface area contributed by atoms with Gasteiger partial charge in [0.05, 0.1) is 10.9 Å². The van der Waals surface area contributed by atoms with Gasteiger partial charge in [-0.15, -0.1) is 0 Å². The molecule has 5 nitrogen and oxygen atoms in total. The van der Waals surface area contributed by atoms with E-state index in [4.69, 9.17) is 5.73 Å². The first kappa shape index (κ1) is 14.1. The van der Waals surface area contributed by atoms with E-state index in [0.29, 0.717) is 23.5 Å². The van der Waals surface area contributed by atoms with Gasteiger partial charge in [0, 0.05) is 25.5 Å². The fraction of sp³-hybridized carbons (Fsp3) is 0.333. The topological polar surface area (TPSA) is 77.1 Å². The van der Waals surface area contributed by atoms with Crippen LogP contribution in [0.1, 0.15) is 24.2 Å². The molecule has 0 unspecified atom stereocenters. The second kappa shape index (κ2) is 5.36. The molecule has 2 aromatic rings. The number of hydrogen-bond acceptors (Lipinski definition) is 3. The highest BCUT2D eigenvalue weighted by Gasteiger charge is 2.16. The van der Waals surface area contributed by atoms with Gasteiger partial charge in [0.2, 0.25) is 5.43 Å². The van der Waals surface area contributed by atoms with Crippen molar-refractivity contribution in [2.45, 2.75) is 20.4 Å². The molecule has 0 aliphatic heterocycles. The van der Waals surface area contributed by atoms with Gasteiger partial charge in [-0.3, -0.25) is 9.59 Å². The van der Waals surface area contributed by atoms with Gasteiger partial charge in [-0.05, 0) is 18.1 Å². The summed E-state index contributed by atoms with van der Waals surface area (Å²) >= 11 is 0. The van der Waals surface area contributed by atoms with E-state index in [1.807, 2.05) is 16.7 Å². The third-order valence-corrected chi connectivity index (χ3v) is 3.17. The molecule has 1 aromatic heterocycles. The van der Waals surface area contributed by atoms with Crippen LogP contribution in [0.15, 0.2) is 29.2 Å². The number of fused-ring (bicyclic) bond motifs is 1. The van der Waals surface area contributed by atoms with Crippen molar-refractivity contribution in [2.75, 3.05) is 12.8 Å². The zero-order valence-electron chi connectivity index (χ0n) is 11.9. The predicted molar refractivity (Wildman–Crippen MR) is 80.8 cm³/mol. The van der Waals surface area contributed by atoms with Crippen LogP contribution in [-0.4, -0.2) is 17.5 Å². The van der Waals surface area contributed by atoms with Crippen LogP contribution in [0.3, 0.4) is 0 Å². The van der Waals surface area contributed by atoms with Crippen molar-refractivity contribution in [3.63, 3.8) is 0 Å². The first-order chi connectivity index (χ1) is 9.45. The molecule has 2 rings (SSSR count). The smallest absolute Gasteiger partial charge is 0.256 e. The summed E-state index contributed by atoms with van der Waals surface area (Å²) in [5.41, 5.74) is 6.88.